The fourth-order valence-electron chi connectivity index (χ4n) is 5.64. The molecule has 2 amide bonds. The molecule has 2 aromatic heterocycles. The Morgan fingerprint density at radius 3 is 1.76 bits per heavy atom. The van der Waals surface area contributed by atoms with Crippen LogP contribution in [0, 0.1) is 10.8 Å². The number of amides is 2. The number of aromatic nitrogens is 4. The Bertz CT molecular complexity index is 2000. The zero-order chi connectivity index (χ0) is 29.2. The molecule has 0 unspecified atom stereocenters. The molecule has 0 spiro atoms. The minimum absolute atomic E-state index is 0.0410. The standard InChI is InChI=1S/C35H29N5O2/c1-34(2)31(41)40(32(42)35(34,3)4)33-37-29(22-13-7-5-8-14-22)36-30(38-33)23-19-20-28-26(21-23)25-17-11-12-18-27(25)39(28)24-15-9-6-10-16-24/h5-21H,1-4H3. The monoisotopic (exact) mass is 551 g/mol. The maximum absolute atomic E-state index is 13.6. The highest BCUT2D eigenvalue weighted by atomic mass is 16.2. The van der Waals surface area contributed by atoms with Crippen LogP contribution in [0.5, 0.6) is 0 Å². The Labute approximate surface area is 243 Å². The van der Waals surface area contributed by atoms with Crippen LogP contribution >= 0.6 is 0 Å². The number of benzene rings is 4. The predicted molar refractivity (Wildman–Crippen MR) is 165 cm³/mol. The molecular formula is C35H29N5O2. The molecule has 0 aliphatic carbocycles. The zero-order valence-electron chi connectivity index (χ0n) is 23.9. The van der Waals surface area contributed by atoms with E-state index < -0.39 is 10.8 Å². The molecule has 1 aliphatic rings. The van der Waals surface area contributed by atoms with Gasteiger partial charge in [-0.05, 0) is 64.1 Å². The maximum atomic E-state index is 13.6. The molecule has 7 rings (SSSR count). The molecule has 206 valence electrons. The molecule has 7 heteroatoms. The molecule has 3 heterocycles. The summed E-state index contributed by atoms with van der Waals surface area (Å²) in [6.07, 6.45) is 0. The van der Waals surface area contributed by atoms with E-state index in [0.29, 0.717) is 11.6 Å². The smallest absolute Gasteiger partial charge is 0.243 e. The van der Waals surface area contributed by atoms with Gasteiger partial charge in [-0.25, -0.2) is 9.88 Å². The molecular weight excluding hydrogens is 522 g/mol. The molecule has 1 aliphatic heterocycles. The van der Waals surface area contributed by atoms with Gasteiger partial charge in [0.05, 0.1) is 21.9 Å². The Morgan fingerprint density at radius 2 is 1.10 bits per heavy atom. The number of nitrogens with zero attached hydrogens (tertiary/aromatic N) is 5. The first-order valence-electron chi connectivity index (χ1n) is 14.0. The molecule has 4 aromatic carbocycles. The van der Waals surface area contributed by atoms with Crippen LogP contribution in [0.2, 0.25) is 0 Å². The van der Waals surface area contributed by atoms with Crippen LogP contribution in [0.15, 0.2) is 103 Å². The molecule has 0 atom stereocenters. The van der Waals surface area contributed by atoms with Gasteiger partial charge in [-0.1, -0.05) is 66.7 Å². The van der Waals surface area contributed by atoms with Gasteiger partial charge in [0, 0.05) is 27.6 Å². The third-order valence-electron chi connectivity index (χ3n) is 8.84. The molecule has 0 bridgehead atoms. The summed E-state index contributed by atoms with van der Waals surface area (Å²) in [5, 5.41) is 2.15. The highest BCUT2D eigenvalue weighted by molar-refractivity contribution is 6.24. The third kappa shape index (κ3) is 3.70. The SMILES string of the molecule is CC1(C)C(=O)N(c2nc(-c3ccccc3)nc(-c3ccc4c(c3)c3ccccc3n4-c3ccccc3)n2)C(=O)C1(C)C. The van der Waals surface area contributed by atoms with Crippen LogP contribution in [0.25, 0.3) is 50.3 Å². The Kier molecular flexibility index (Phi) is 5.63. The quantitative estimate of drug-likeness (QED) is 0.216. The number of anilines is 1. The zero-order valence-corrected chi connectivity index (χ0v) is 23.9. The van der Waals surface area contributed by atoms with Crippen LogP contribution < -0.4 is 4.90 Å². The summed E-state index contributed by atoms with van der Waals surface area (Å²) in [7, 11) is 0. The lowest BCUT2D eigenvalue weighted by Gasteiger charge is -2.28. The summed E-state index contributed by atoms with van der Waals surface area (Å²) in [6, 6.07) is 34.2. The topological polar surface area (TPSA) is 81.0 Å². The number of carbonyl (C=O) groups excluding carboxylic acids is 2. The molecule has 6 aromatic rings. The summed E-state index contributed by atoms with van der Waals surface area (Å²) in [5.41, 5.74) is 2.91. The van der Waals surface area contributed by atoms with Crippen molar-refractivity contribution in [1.82, 2.24) is 19.5 Å². The van der Waals surface area contributed by atoms with E-state index in [1.165, 1.54) is 0 Å². The number of rotatable bonds is 4. The van der Waals surface area contributed by atoms with Crippen LogP contribution in [0.3, 0.4) is 0 Å². The van der Waals surface area contributed by atoms with E-state index in [4.69, 9.17) is 9.97 Å². The van der Waals surface area contributed by atoms with Crippen molar-refractivity contribution in [3.05, 3.63) is 103 Å². The van der Waals surface area contributed by atoms with Gasteiger partial charge in [-0.15, -0.1) is 0 Å². The number of carbonyl (C=O) groups is 2. The van der Waals surface area contributed by atoms with Crippen molar-refractivity contribution in [2.24, 2.45) is 10.8 Å². The second kappa shape index (κ2) is 9.17. The van der Waals surface area contributed by atoms with E-state index in [0.717, 1.165) is 43.5 Å². The van der Waals surface area contributed by atoms with Gasteiger partial charge in [-0.2, -0.15) is 9.97 Å². The van der Waals surface area contributed by atoms with Crippen molar-refractivity contribution in [3.63, 3.8) is 0 Å². The Morgan fingerprint density at radius 1 is 0.548 bits per heavy atom. The molecule has 7 nitrogen and oxygen atoms in total. The van der Waals surface area contributed by atoms with Gasteiger partial charge in [0.15, 0.2) is 11.6 Å². The summed E-state index contributed by atoms with van der Waals surface area (Å²) in [6.45, 7) is 7.18. The minimum atomic E-state index is -0.915. The van der Waals surface area contributed by atoms with Crippen molar-refractivity contribution >= 4 is 39.6 Å². The van der Waals surface area contributed by atoms with E-state index in [1.807, 2.05) is 66.7 Å². The lowest BCUT2D eigenvalue weighted by Crippen LogP contribution is -2.35. The minimum Gasteiger partial charge on any atom is -0.309 e. The number of hydrogen-bond donors (Lipinski definition) is 0. The molecule has 0 saturated carbocycles. The van der Waals surface area contributed by atoms with Gasteiger partial charge in [0.25, 0.3) is 0 Å². The molecule has 0 radical (unpaired) electrons. The summed E-state index contributed by atoms with van der Waals surface area (Å²) in [5.74, 6) is 0.176. The van der Waals surface area contributed by atoms with Crippen molar-refractivity contribution in [3.8, 4) is 28.5 Å². The van der Waals surface area contributed by atoms with Crippen molar-refractivity contribution in [2.75, 3.05) is 4.90 Å². The van der Waals surface area contributed by atoms with Gasteiger partial charge in [0.2, 0.25) is 17.8 Å². The number of hydrogen-bond acceptors (Lipinski definition) is 5. The van der Waals surface area contributed by atoms with Crippen molar-refractivity contribution in [1.29, 1.82) is 0 Å². The average Bonchev–Trinajstić information content (AvgIpc) is 3.40. The number of para-hydroxylation sites is 2. The highest BCUT2D eigenvalue weighted by Gasteiger charge is 2.60. The lowest BCUT2D eigenvalue weighted by molar-refractivity contribution is -0.129. The molecule has 1 saturated heterocycles. The van der Waals surface area contributed by atoms with Crippen molar-refractivity contribution < 1.29 is 9.59 Å². The molecule has 42 heavy (non-hydrogen) atoms. The number of fused-ring (bicyclic) bond motifs is 3. The molecule has 1 fully saturated rings. The fourth-order valence-corrected chi connectivity index (χ4v) is 5.64. The van der Waals surface area contributed by atoms with Crippen LogP contribution in [-0.2, 0) is 9.59 Å². The van der Waals surface area contributed by atoms with E-state index in [-0.39, 0.29) is 17.8 Å². The van der Waals surface area contributed by atoms with Crippen LogP contribution in [0.4, 0.5) is 5.95 Å². The van der Waals surface area contributed by atoms with E-state index in [9.17, 15) is 9.59 Å². The first-order valence-corrected chi connectivity index (χ1v) is 14.0. The van der Waals surface area contributed by atoms with Crippen molar-refractivity contribution in [2.45, 2.75) is 27.7 Å². The maximum Gasteiger partial charge on any atom is 0.243 e. The van der Waals surface area contributed by atoms with Crippen LogP contribution in [-0.4, -0.2) is 31.3 Å². The van der Waals surface area contributed by atoms with Gasteiger partial charge in [0.1, 0.15) is 0 Å². The Hall–Kier alpha value is -5.17. The summed E-state index contributed by atoms with van der Waals surface area (Å²) < 4.78 is 2.24. The van der Waals surface area contributed by atoms with Gasteiger partial charge >= 0.3 is 0 Å². The normalized spacial score (nSPS) is 16.0. The second-order valence-corrected chi connectivity index (χ2v) is 11.8. The Balaban J connectivity index is 1.45. The van der Waals surface area contributed by atoms with Crippen LogP contribution in [0.1, 0.15) is 27.7 Å². The van der Waals surface area contributed by atoms with E-state index >= 15 is 0 Å². The highest BCUT2D eigenvalue weighted by Crippen LogP contribution is 2.48. The summed E-state index contributed by atoms with van der Waals surface area (Å²) >= 11 is 0. The van der Waals surface area contributed by atoms with Gasteiger partial charge < -0.3 is 4.57 Å². The van der Waals surface area contributed by atoms with Gasteiger partial charge in [-0.3, -0.25) is 9.59 Å². The predicted octanol–water partition coefficient (Wildman–Crippen LogP) is 7.23. The fraction of sp³-hybridized carbons (Fsp3) is 0.171. The number of imide groups is 1. The summed E-state index contributed by atoms with van der Waals surface area (Å²) in [4.78, 5) is 42.6. The van der Waals surface area contributed by atoms with E-state index in [1.54, 1.807) is 27.7 Å². The third-order valence-corrected chi connectivity index (χ3v) is 8.84. The first-order chi connectivity index (χ1) is 20.2. The largest absolute Gasteiger partial charge is 0.309 e. The first kappa shape index (κ1) is 25.8. The lowest BCUT2D eigenvalue weighted by atomic mass is 9.70. The second-order valence-electron chi connectivity index (χ2n) is 11.8. The average molecular weight is 552 g/mol. The molecule has 0 N–H and O–H groups in total. The van der Waals surface area contributed by atoms with E-state index in [2.05, 4.69) is 45.9 Å².